The van der Waals surface area contributed by atoms with Crippen molar-refractivity contribution in [1.82, 2.24) is 15.1 Å². The lowest BCUT2D eigenvalue weighted by molar-refractivity contribution is 0.610. The van der Waals surface area contributed by atoms with Crippen molar-refractivity contribution in [3.63, 3.8) is 0 Å². The van der Waals surface area contributed by atoms with Gasteiger partial charge in [0.25, 0.3) is 0 Å². The molecule has 0 aliphatic rings. The molecule has 1 aromatic heterocycles. The molecule has 1 unspecified atom stereocenters. The van der Waals surface area contributed by atoms with Gasteiger partial charge in [-0.25, -0.2) is 0 Å². The van der Waals surface area contributed by atoms with Gasteiger partial charge in [-0.05, 0) is 32.4 Å². The minimum absolute atomic E-state index is 0.344. The number of hydrogen-bond acceptors (Lipinski definition) is 2. The third-order valence-corrected chi connectivity index (χ3v) is 2.83. The van der Waals surface area contributed by atoms with Crippen LogP contribution in [0.25, 0.3) is 0 Å². The summed E-state index contributed by atoms with van der Waals surface area (Å²) in [5.74, 6) is 0. The first-order chi connectivity index (χ1) is 7.10. The first-order valence-corrected chi connectivity index (χ1v) is 5.45. The Morgan fingerprint density at radius 1 is 1.53 bits per heavy atom. The summed E-state index contributed by atoms with van der Waals surface area (Å²) >= 11 is 0. The van der Waals surface area contributed by atoms with Crippen molar-refractivity contribution in [2.24, 2.45) is 7.05 Å². The first-order valence-electron chi connectivity index (χ1n) is 5.45. The molecule has 0 aliphatic heterocycles. The standard InChI is InChI=1S/C12H21N3/c1-6-11(13-7-2)8-12-9(3)14-15(5)10(12)4/h6,11,13H,1,7-8H2,2-5H3. The van der Waals surface area contributed by atoms with Crippen molar-refractivity contribution in [2.75, 3.05) is 6.54 Å². The molecule has 3 nitrogen and oxygen atoms in total. The van der Waals surface area contributed by atoms with Gasteiger partial charge in [-0.2, -0.15) is 5.10 Å². The molecule has 0 radical (unpaired) electrons. The smallest absolute Gasteiger partial charge is 0.0629 e. The van der Waals surface area contributed by atoms with E-state index >= 15 is 0 Å². The Morgan fingerprint density at radius 3 is 2.60 bits per heavy atom. The van der Waals surface area contributed by atoms with E-state index in [9.17, 15) is 0 Å². The molecule has 84 valence electrons. The summed E-state index contributed by atoms with van der Waals surface area (Å²) in [7, 11) is 1.99. The van der Waals surface area contributed by atoms with Gasteiger partial charge in [0.05, 0.1) is 5.69 Å². The minimum Gasteiger partial charge on any atom is -0.310 e. The molecular formula is C12H21N3. The Bertz CT molecular complexity index is 339. The Hall–Kier alpha value is -1.09. The number of nitrogens with zero attached hydrogens (tertiary/aromatic N) is 2. The third kappa shape index (κ3) is 2.69. The fourth-order valence-electron chi connectivity index (χ4n) is 1.83. The molecule has 1 N–H and O–H groups in total. The van der Waals surface area contributed by atoms with Crippen molar-refractivity contribution < 1.29 is 0 Å². The monoisotopic (exact) mass is 207 g/mol. The largest absolute Gasteiger partial charge is 0.310 e. The van der Waals surface area contributed by atoms with E-state index in [1.807, 2.05) is 17.8 Å². The van der Waals surface area contributed by atoms with E-state index < -0.39 is 0 Å². The molecule has 15 heavy (non-hydrogen) atoms. The molecule has 0 aliphatic carbocycles. The zero-order valence-corrected chi connectivity index (χ0v) is 10.2. The van der Waals surface area contributed by atoms with E-state index in [-0.39, 0.29) is 0 Å². The summed E-state index contributed by atoms with van der Waals surface area (Å²) < 4.78 is 1.94. The van der Waals surface area contributed by atoms with Crippen LogP contribution in [-0.4, -0.2) is 22.4 Å². The van der Waals surface area contributed by atoms with E-state index in [0.717, 1.165) is 18.7 Å². The van der Waals surface area contributed by atoms with Crippen molar-refractivity contribution >= 4 is 0 Å². The number of nitrogens with one attached hydrogen (secondary N) is 1. The van der Waals surface area contributed by atoms with E-state index in [0.29, 0.717) is 6.04 Å². The van der Waals surface area contributed by atoms with E-state index in [1.165, 1.54) is 11.3 Å². The molecule has 0 saturated heterocycles. The topological polar surface area (TPSA) is 29.9 Å². The Balaban J connectivity index is 2.82. The molecule has 0 aromatic carbocycles. The van der Waals surface area contributed by atoms with Crippen molar-refractivity contribution in [2.45, 2.75) is 33.2 Å². The van der Waals surface area contributed by atoms with Crippen LogP contribution in [0.1, 0.15) is 23.9 Å². The summed E-state index contributed by atoms with van der Waals surface area (Å²) in [5.41, 5.74) is 3.71. The Kier molecular flexibility index (Phi) is 4.09. The molecule has 3 heteroatoms. The van der Waals surface area contributed by atoms with Crippen LogP contribution in [-0.2, 0) is 13.5 Å². The second-order valence-corrected chi connectivity index (χ2v) is 3.88. The molecule has 1 aromatic rings. The number of aryl methyl sites for hydroxylation is 2. The van der Waals surface area contributed by atoms with E-state index in [2.05, 4.69) is 37.8 Å². The predicted octanol–water partition coefficient (Wildman–Crippen LogP) is 1.74. The van der Waals surface area contributed by atoms with Crippen LogP contribution in [0.5, 0.6) is 0 Å². The van der Waals surface area contributed by atoms with Crippen molar-refractivity contribution in [3.05, 3.63) is 29.6 Å². The van der Waals surface area contributed by atoms with Gasteiger partial charge in [0.2, 0.25) is 0 Å². The van der Waals surface area contributed by atoms with Crippen LogP contribution in [0, 0.1) is 13.8 Å². The molecule has 0 saturated carbocycles. The van der Waals surface area contributed by atoms with Gasteiger partial charge in [0, 0.05) is 18.8 Å². The molecular weight excluding hydrogens is 186 g/mol. The Labute approximate surface area is 92.2 Å². The van der Waals surface area contributed by atoms with Crippen LogP contribution in [0.3, 0.4) is 0 Å². The average molecular weight is 207 g/mol. The van der Waals surface area contributed by atoms with Gasteiger partial charge in [-0.1, -0.05) is 13.0 Å². The summed E-state index contributed by atoms with van der Waals surface area (Å²) in [4.78, 5) is 0. The number of likely N-dealkylation sites (N-methyl/N-ethyl adjacent to an activating group) is 1. The van der Waals surface area contributed by atoms with Gasteiger partial charge in [-0.15, -0.1) is 6.58 Å². The minimum atomic E-state index is 0.344. The lowest BCUT2D eigenvalue weighted by Crippen LogP contribution is -2.29. The normalized spacial score (nSPS) is 12.8. The molecule has 1 rings (SSSR count). The lowest BCUT2D eigenvalue weighted by atomic mass is 10.0. The summed E-state index contributed by atoms with van der Waals surface area (Å²) in [6.07, 6.45) is 2.94. The second kappa shape index (κ2) is 5.12. The molecule has 1 heterocycles. The van der Waals surface area contributed by atoms with Gasteiger partial charge < -0.3 is 5.32 Å². The molecule has 0 spiro atoms. The molecule has 0 fully saturated rings. The maximum atomic E-state index is 4.41. The van der Waals surface area contributed by atoms with Crippen molar-refractivity contribution in [3.8, 4) is 0 Å². The quantitative estimate of drug-likeness (QED) is 0.745. The fourth-order valence-corrected chi connectivity index (χ4v) is 1.83. The second-order valence-electron chi connectivity index (χ2n) is 3.88. The Morgan fingerprint density at radius 2 is 2.20 bits per heavy atom. The zero-order valence-electron chi connectivity index (χ0n) is 10.2. The zero-order chi connectivity index (χ0) is 11.4. The van der Waals surface area contributed by atoms with Crippen LogP contribution in [0.15, 0.2) is 12.7 Å². The summed E-state index contributed by atoms with van der Waals surface area (Å²) in [6, 6.07) is 0.344. The number of hydrogen-bond donors (Lipinski definition) is 1. The highest BCUT2D eigenvalue weighted by atomic mass is 15.3. The summed E-state index contributed by atoms with van der Waals surface area (Å²) in [6.45, 7) is 11.1. The predicted molar refractivity (Wildman–Crippen MR) is 64.0 cm³/mol. The maximum Gasteiger partial charge on any atom is 0.0629 e. The maximum absolute atomic E-state index is 4.41. The van der Waals surface area contributed by atoms with Gasteiger partial charge in [-0.3, -0.25) is 4.68 Å². The highest BCUT2D eigenvalue weighted by Gasteiger charge is 2.12. The van der Waals surface area contributed by atoms with Gasteiger partial charge in [0.1, 0.15) is 0 Å². The van der Waals surface area contributed by atoms with E-state index in [4.69, 9.17) is 0 Å². The lowest BCUT2D eigenvalue weighted by Gasteiger charge is -2.13. The fraction of sp³-hybridized carbons (Fsp3) is 0.583. The van der Waals surface area contributed by atoms with Crippen LogP contribution in [0.4, 0.5) is 0 Å². The average Bonchev–Trinajstić information content (AvgIpc) is 2.44. The molecule has 0 bridgehead atoms. The van der Waals surface area contributed by atoms with Crippen LogP contribution < -0.4 is 5.32 Å². The van der Waals surface area contributed by atoms with Crippen LogP contribution in [0.2, 0.25) is 0 Å². The van der Waals surface area contributed by atoms with Gasteiger partial charge in [0.15, 0.2) is 0 Å². The highest BCUT2D eigenvalue weighted by molar-refractivity contribution is 5.26. The summed E-state index contributed by atoms with van der Waals surface area (Å²) in [5, 5.41) is 7.80. The number of aromatic nitrogens is 2. The van der Waals surface area contributed by atoms with Crippen LogP contribution >= 0.6 is 0 Å². The SMILES string of the molecule is C=CC(Cc1c(C)nn(C)c1C)NCC. The van der Waals surface area contributed by atoms with Crippen molar-refractivity contribution in [1.29, 1.82) is 0 Å². The third-order valence-electron chi connectivity index (χ3n) is 2.83. The highest BCUT2D eigenvalue weighted by Crippen LogP contribution is 2.14. The number of rotatable bonds is 5. The molecule has 1 atom stereocenters. The molecule has 0 amide bonds. The first kappa shape index (κ1) is 12.0. The van der Waals surface area contributed by atoms with E-state index in [1.54, 1.807) is 0 Å². The van der Waals surface area contributed by atoms with Gasteiger partial charge >= 0.3 is 0 Å².